The van der Waals surface area contributed by atoms with Gasteiger partial charge >= 0.3 is 5.97 Å². The number of carbonyl (C=O) groups is 1. The van der Waals surface area contributed by atoms with Gasteiger partial charge in [0.2, 0.25) is 0 Å². The topological polar surface area (TPSA) is 119 Å². The molecule has 0 atom stereocenters. The van der Waals surface area contributed by atoms with Crippen LogP contribution in [0.2, 0.25) is 5.02 Å². The van der Waals surface area contributed by atoms with Crippen molar-refractivity contribution in [2.45, 2.75) is 31.8 Å². The summed E-state index contributed by atoms with van der Waals surface area (Å²) in [6.45, 7) is 0. The highest BCUT2D eigenvalue weighted by molar-refractivity contribution is 6.33. The smallest absolute Gasteiger partial charge is 0.306 e. The van der Waals surface area contributed by atoms with Crippen LogP contribution >= 0.6 is 11.6 Å². The number of pyridine rings is 1. The van der Waals surface area contributed by atoms with Gasteiger partial charge in [-0.25, -0.2) is 4.98 Å². The largest absolute Gasteiger partial charge is 0.481 e. The molecule has 0 unspecified atom stereocenters. The van der Waals surface area contributed by atoms with Crippen molar-refractivity contribution in [3.05, 3.63) is 47.7 Å². The number of fused-ring (bicyclic) bond motifs is 1. The van der Waals surface area contributed by atoms with Gasteiger partial charge in [0, 0.05) is 5.56 Å². The molecule has 0 amide bonds. The van der Waals surface area contributed by atoms with Crippen LogP contribution in [0.5, 0.6) is 6.01 Å². The first-order valence-electron chi connectivity index (χ1n) is 9.99. The zero-order chi connectivity index (χ0) is 21.4. The molecule has 1 fully saturated rings. The molecular formula is C21H19ClN6O3. The van der Waals surface area contributed by atoms with Crippen LogP contribution in [-0.4, -0.2) is 47.1 Å². The van der Waals surface area contributed by atoms with E-state index in [9.17, 15) is 4.79 Å². The summed E-state index contributed by atoms with van der Waals surface area (Å²) in [4.78, 5) is 24.8. The lowest BCUT2D eigenvalue weighted by Crippen LogP contribution is -2.28. The van der Waals surface area contributed by atoms with Gasteiger partial charge in [-0.3, -0.25) is 4.79 Å². The van der Waals surface area contributed by atoms with E-state index in [1.807, 2.05) is 24.3 Å². The minimum atomic E-state index is -0.734. The van der Waals surface area contributed by atoms with Gasteiger partial charge in [0.15, 0.2) is 5.65 Å². The summed E-state index contributed by atoms with van der Waals surface area (Å²) in [5.74, 6) is -1.02. The predicted octanol–water partition coefficient (Wildman–Crippen LogP) is 3.88. The minimum Gasteiger partial charge on any atom is -0.481 e. The number of hydrogen-bond donors (Lipinski definition) is 2. The number of carboxylic acid groups (broad SMARTS) is 1. The number of nitrogens with zero attached hydrogens (tertiary/aromatic N) is 5. The number of aliphatic carboxylic acids is 1. The average Bonchev–Trinajstić information content (AvgIpc) is 3.43. The molecule has 3 heterocycles. The van der Waals surface area contributed by atoms with Crippen LogP contribution in [0.4, 0.5) is 0 Å². The Hall–Kier alpha value is -3.46. The van der Waals surface area contributed by atoms with Crippen LogP contribution in [0, 0.1) is 5.92 Å². The van der Waals surface area contributed by atoms with Gasteiger partial charge in [0.05, 0.1) is 40.2 Å². The fourth-order valence-corrected chi connectivity index (χ4v) is 4.10. The van der Waals surface area contributed by atoms with Crippen molar-refractivity contribution in [2.24, 2.45) is 5.92 Å². The quantitative estimate of drug-likeness (QED) is 0.485. The SMILES string of the molecule is O=C(O)C1CCC(Oc2nc3nc(-c4ccc(-n5nccn5)cc4)c(Cl)cc3[nH]2)CC1. The summed E-state index contributed by atoms with van der Waals surface area (Å²) >= 11 is 6.49. The summed E-state index contributed by atoms with van der Waals surface area (Å²) in [6, 6.07) is 9.75. The first kappa shape index (κ1) is 19.5. The Morgan fingerprint density at radius 1 is 1.10 bits per heavy atom. The van der Waals surface area contributed by atoms with Gasteiger partial charge in [-0.2, -0.15) is 20.0 Å². The van der Waals surface area contributed by atoms with Gasteiger partial charge in [0.1, 0.15) is 6.10 Å². The lowest BCUT2D eigenvalue weighted by atomic mass is 9.87. The number of aromatic amines is 1. The molecule has 5 rings (SSSR count). The molecule has 0 bridgehead atoms. The van der Waals surface area contributed by atoms with Gasteiger partial charge < -0.3 is 14.8 Å². The van der Waals surface area contributed by atoms with Gasteiger partial charge in [-0.1, -0.05) is 23.7 Å². The maximum atomic E-state index is 11.1. The molecule has 0 spiro atoms. The molecule has 158 valence electrons. The molecule has 9 nitrogen and oxygen atoms in total. The van der Waals surface area contributed by atoms with E-state index in [1.165, 1.54) is 4.80 Å². The standard InChI is InChI=1S/C21H19ClN6O3/c22-16-11-17-19(27-21(25-17)31-15-7-3-13(4-8-15)20(29)30)26-18(16)12-1-5-14(6-2-12)28-23-9-10-24-28/h1-2,5-6,9-11,13,15H,3-4,7-8H2,(H,29,30)(H,25,26,27). The summed E-state index contributed by atoms with van der Waals surface area (Å²) in [5, 5.41) is 17.9. The van der Waals surface area contributed by atoms with E-state index in [0.29, 0.717) is 53.6 Å². The van der Waals surface area contributed by atoms with Gasteiger partial charge in [-0.05, 0) is 43.9 Å². The third-order valence-corrected chi connectivity index (χ3v) is 5.79. The van der Waals surface area contributed by atoms with E-state index in [1.54, 1.807) is 18.5 Å². The highest BCUT2D eigenvalue weighted by atomic mass is 35.5. The van der Waals surface area contributed by atoms with Crippen LogP contribution in [0.25, 0.3) is 28.1 Å². The fraction of sp³-hybridized carbons (Fsp3) is 0.286. The first-order valence-corrected chi connectivity index (χ1v) is 10.4. The molecule has 2 N–H and O–H groups in total. The van der Waals surface area contributed by atoms with E-state index in [4.69, 9.17) is 21.4 Å². The maximum Gasteiger partial charge on any atom is 0.306 e. The molecular weight excluding hydrogens is 420 g/mol. The minimum absolute atomic E-state index is 0.0606. The number of ether oxygens (including phenoxy) is 1. The van der Waals surface area contributed by atoms with Crippen molar-refractivity contribution < 1.29 is 14.6 Å². The molecule has 0 aliphatic heterocycles. The second-order valence-corrected chi connectivity index (χ2v) is 7.93. The molecule has 1 aliphatic rings. The summed E-state index contributed by atoms with van der Waals surface area (Å²) in [7, 11) is 0. The molecule has 3 aromatic heterocycles. The monoisotopic (exact) mass is 438 g/mol. The van der Waals surface area contributed by atoms with E-state index in [-0.39, 0.29) is 12.0 Å². The summed E-state index contributed by atoms with van der Waals surface area (Å²) in [5.41, 5.74) is 3.49. The second-order valence-electron chi connectivity index (χ2n) is 7.53. The summed E-state index contributed by atoms with van der Waals surface area (Å²) in [6.07, 6.45) is 5.77. The number of imidazole rings is 1. The zero-order valence-electron chi connectivity index (χ0n) is 16.4. The van der Waals surface area contributed by atoms with E-state index < -0.39 is 5.97 Å². The van der Waals surface area contributed by atoms with Crippen LogP contribution in [0.1, 0.15) is 25.7 Å². The van der Waals surface area contributed by atoms with Crippen molar-refractivity contribution in [3.8, 4) is 23.0 Å². The van der Waals surface area contributed by atoms with Crippen molar-refractivity contribution in [1.82, 2.24) is 29.9 Å². The molecule has 4 aromatic rings. The lowest BCUT2D eigenvalue weighted by Gasteiger charge is -2.25. The predicted molar refractivity (Wildman–Crippen MR) is 113 cm³/mol. The number of halogens is 1. The Balaban J connectivity index is 1.35. The van der Waals surface area contributed by atoms with Crippen molar-refractivity contribution in [1.29, 1.82) is 0 Å². The van der Waals surface area contributed by atoms with Crippen LogP contribution in [0.15, 0.2) is 42.7 Å². The number of carboxylic acids is 1. The van der Waals surface area contributed by atoms with Crippen molar-refractivity contribution >= 4 is 28.7 Å². The number of hydrogen-bond acceptors (Lipinski definition) is 6. The Morgan fingerprint density at radius 3 is 2.48 bits per heavy atom. The highest BCUT2D eigenvalue weighted by Gasteiger charge is 2.27. The normalized spacial score (nSPS) is 18.9. The Morgan fingerprint density at radius 2 is 1.81 bits per heavy atom. The Bertz CT molecular complexity index is 1210. The number of benzene rings is 1. The first-order chi connectivity index (χ1) is 15.1. The van der Waals surface area contributed by atoms with Gasteiger partial charge in [0.25, 0.3) is 6.01 Å². The van der Waals surface area contributed by atoms with E-state index >= 15 is 0 Å². The molecule has 0 saturated heterocycles. The third-order valence-electron chi connectivity index (χ3n) is 5.50. The van der Waals surface area contributed by atoms with E-state index in [2.05, 4.69) is 25.1 Å². The summed E-state index contributed by atoms with van der Waals surface area (Å²) < 4.78 is 5.95. The number of aromatic nitrogens is 6. The van der Waals surface area contributed by atoms with E-state index in [0.717, 1.165) is 11.3 Å². The van der Waals surface area contributed by atoms with Gasteiger partial charge in [-0.15, -0.1) is 0 Å². The molecule has 31 heavy (non-hydrogen) atoms. The molecule has 1 aromatic carbocycles. The zero-order valence-corrected chi connectivity index (χ0v) is 17.2. The number of H-pyrrole nitrogens is 1. The van der Waals surface area contributed by atoms with Crippen molar-refractivity contribution in [2.75, 3.05) is 0 Å². The van der Waals surface area contributed by atoms with Crippen LogP contribution in [0.3, 0.4) is 0 Å². The highest BCUT2D eigenvalue weighted by Crippen LogP contribution is 2.31. The number of rotatable bonds is 5. The lowest BCUT2D eigenvalue weighted by molar-refractivity contribution is -0.143. The molecule has 10 heteroatoms. The van der Waals surface area contributed by atoms with Crippen LogP contribution in [-0.2, 0) is 4.79 Å². The fourth-order valence-electron chi connectivity index (χ4n) is 3.84. The average molecular weight is 439 g/mol. The second kappa shape index (κ2) is 7.99. The maximum absolute atomic E-state index is 11.1. The molecule has 1 aliphatic carbocycles. The van der Waals surface area contributed by atoms with Crippen molar-refractivity contribution in [3.63, 3.8) is 0 Å². The third kappa shape index (κ3) is 3.96. The number of nitrogens with one attached hydrogen (secondary N) is 1. The molecule has 0 radical (unpaired) electrons. The Labute approximate surface area is 182 Å². The Kier molecular flexibility index (Phi) is 5.03. The van der Waals surface area contributed by atoms with Crippen LogP contribution < -0.4 is 4.74 Å². The molecule has 1 saturated carbocycles.